The van der Waals surface area contributed by atoms with Crippen LogP contribution in [0, 0.1) is 5.82 Å². The average molecular weight is 203 g/mol. The molecule has 0 aliphatic heterocycles. The van der Waals surface area contributed by atoms with E-state index in [4.69, 9.17) is 17.3 Å². The summed E-state index contributed by atoms with van der Waals surface area (Å²) in [6.07, 6.45) is 0. The molecule has 1 amide bonds. The number of halogens is 2. The van der Waals surface area contributed by atoms with Gasteiger partial charge in [0.1, 0.15) is 12.4 Å². The molecule has 0 bridgehead atoms. The number of benzene rings is 1. The quantitative estimate of drug-likeness (QED) is 0.776. The summed E-state index contributed by atoms with van der Waals surface area (Å²) in [6.45, 7) is -0.769. The van der Waals surface area contributed by atoms with Gasteiger partial charge in [0.25, 0.3) is 5.91 Å². The van der Waals surface area contributed by atoms with Gasteiger partial charge >= 0.3 is 0 Å². The van der Waals surface area contributed by atoms with Crippen LogP contribution >= 0.6 is 11.6 Å². The zero-order valence-corrected chi connectivity index (χ0v) is 7.27. The molecule has 3 nitrogen and oxygen atoms in total. The minimum Gasteiger partial charge on any atom is -0.365 e. The van der Waals surface area contributed by atoms with E-state index in [0.29, 0.717) is 0 Å². The third-order valence-electron chi connectivity index (χ3n) is 1.60. The fourth-order valence-corrected chi connectivity index (χ4v) is 1.21. The highest BCUT2D eigenvalue weighted by Gasteiger charge is 2.16. The van der Waals surface area contributed by atoms with Crippen molar-refractivity contribution in [2.75, 3.05) is 0 Å². The number of amides is 1. The van der Waals surface area contributed by atoms with Crippen LogP contribution in [-0.4, -0.2) is 5.91 Å². The van der Waals surface area contributed by atoms with Crippen LogP contribution < -0.4 is 5.73 Å². The molecule has 0 aliphatic carbocycles. The SMILES string of the molecule is NC(=O)c1c(F)ccc(Cl)c1C[O]. The van der Waals surface area contributed by atoms with Crippen molar-refractivity contribution in [1.82, 2.24) is 0 Å². The number of hydrogen-bond acceptors (Lipinski definition) is 1. The third-order valence-corrected chi connectivity index (χ3v) is 1.95. The third kappa shape index (κ3) is 1.79. The molecule has 0 aromatic heterocycles. The lowest BCUT2D eigenvalue weighted by atomic mass is 10.1. The summed E-state index contributed by atoms with van der Waals surface area (Å²) in [4.78, 5) is 10.7. The lowest BCUT2D eigenvalue weighted by molar-refractivity contribution is 0.0989. The fourth-order valence-electron chi connectivity index (χ4n) is 1.00. The molecule has 0 unspecified atom stereocenters. The van der Waals surface area contributed by atoms with Gasteiger partial charge in [0, 0.05) is 10.6 Å². The summed E-state index contributed by atoms with van der Waals surface area (Å²) in [7, 11) is 0. The van der Waals surface area contributed by atoms with Crippen LogP contribution in [0.15, 0.2) is 12.1 Å². The van der Waals surface area contributed by atoms with Crippen LogP contribution in [0.1, 0.15) is 15.9 Å². The van der Waals surface area contributed by atoms with Crippen molar-refractivity contribution < 1.29 is 14.3 Å². The lowest BCUT2D eigenvalue weighted by Gasteiger charge is -2.05. The van der Waals surface area contributed by atoms with Crippen LogP contribution in [0.4, 0.5) is 4.39 Å². The highest BCUT2D eigenvalue weighted by molar-refractivity contribution is 6.31. The van der Waals surface area contributed by atoms with Crippen LogP contribution in [0.25, 0.3) is 0 Å². The van der Waals surface area contributed by atoms with E-state index in [-0.39, 0.29) is 10.6 Å². The van der Waals surface area contributed by atoms with Gasteiger partial charge in [-0.1, -0.05) is 11.6 Å². The summed E-state index contributed by atoms with van der Waals surface area (Å²) < 4.78 is 13.0. The number of carbonyl (C=O) groups is 1. The molecule has 0 heterocycles. The monoisotopic (exact) mass is 202 g/mol. The molecule has 1 aromatic rings. The first-order valence-corrected chi connectivity index (χ1v) is 3.80. The first-order valence-electron chi connectivity index (χ1n) is 3.42. The maximum atomic E-state index is 13.0. The number of hydrogen-bond donors (Lipinski definition) is 1. The van der Waals surface area contributed by atoms with Crippen molar-refractivity contribution in [1.29, 1.82) is 0 Å². The van der Waals surface area contributed by atoms with Crippen LogP contribution in [-0.2, 0) is 11.7 Å². The van der Waals surface area contributed by atoms with Gasteiger partial charge in [-0.15, -0.1) is 0 Å². The smallest absolute Gasteiger partial charge is 0.252 e. The molecule has 0 saturated heterocycles. The Morgan fingerprint density at radius 1 is 1.54 bits per heavy atom. The van der Waals surface area contributed by atoms with Gasteiger partial charge in [0.15, 0.2) is 0 Å². The molecular formula is C8H6ClFNO2. The number of rotatable bonds is 2. The molecule has 0 saturated carbocycles. The Labute approximate surface area is 78.9 Å². The fraction of sp³-hybridized carbons (Fsp3) is 0.125. The van der Waals surface area contributed by atoms with Crippen molar-refractivity contribution in [3.63, 3.8) is 0 Å². The number of carbonyl (C=O) groups excluding carboxylic acids is 1. The Hall–Kier alpha value is -1.13. The van der Waals surface area contributed by atoms with Gasteiger partial charge in [0.2, 0.25) is 0 Å². The second-order valence-electron chi connectivity index (χ2n) is 2.39. The molecule has 1 aromatic carbocycles. The zero-order valence-electron chi connectivity index (χ0n) is 6.51. The Bertz CT molecular complexity index is 354. The van der Waals surface area contributed by atoms with Gasteiger partial charge in [-0.3, -0.25) is 4.79 Å². The first-order chi connectivity index (χ1) is 6.07. The highest BCUT2D eigenvalue weighted by Crippen LogP contribution is 2.22. The topological polar surface area (TPSA) is 63.0 Å². The summed E-state index contributed by atoms with van der Waals surface area (Å²) in [5.74, 6) is -1.80. The Morgan fingerprint density at radius 2 is 2.15 bits per heavy atom. The van der Waals surface area contributed by atoms with Crippen LogP contribution in [0.3, 0.4) is 0 Å². The summed E-state index contributed by atoms with van der Waals surface area (Å²) in [5.41, 5.74) is 4.38. The van der Waals surface area contributed by atoms with Gasteiger partial charge in [-0.05, 0) is 12.1 Å². The van der Waals surface area contributed by atoms with Crippen LogP contribution in [0.2, 0.25) is 5.02 Å². The molecule has 0 atom stereocenters. The summed E-state index contributed by atoms with van der Waals surface area (Å²) in [5, 5.41) is 10.6. The van der Waals surface area contributed by atoms with Crippen molar-refractivity contribution in [3.8, 4) is 0 Å². The normalized spacial score (nSPS) is 10.1. The summed E-state index contributed by atoms with van der Waals surface area (Å²) in [6, 6.07) is 2.22. The first kappa shape index (κ1) is 9.95. The highest BCUT2D eigenvalue weighted by atomic mass is 35.5. The maximum absolute atomic E-state index is 13.0. The van der Waals surface area contributed by atoms with E-state index in [1.54, 1.807) is 0 Å². The molecule has 0 aliphatic rings. The molecular weight excluding hydrogens is 197 g/mol. The van der Waals surface area contributed by atoms with Gasteiger partial charge < -0.3 is 5.73 Å². The van der Waals surface area contributed by atoms with Crippen molar-refractivity contribution in [3.05, 3.63) is 34.1 Å². The predicted octanol–water partition coefficient (Wildman–Crippen LogP) is 1.51. The van der Waals surface area contributed by atoms with Crippen molar-refractivity contribution in [2.24, 2.45) is 5.73 Å². The van der Waals surface area contributed by atoms with E-state index >= 15 is 0 Å². The number of nitrogens with two attached hydrogens (primary N) is 1. The Morgan fingerprint density at radius 3 is 2.54 bits per heavy atom. The lowest BCUT2D eigenvalue weighted by Crippen LogP contribution is -2.16. The van der Waals surface area contributed by atoms with Gasteiger partial charge in [-0.25, -0.2) is 9.50 Å². The molecule has 1 rings (SSSR count). The minimum absolute atomic E-state index is 0.0604. The van der Waals surface area contributed by atoms with E-state index in [2.05, 4.69) is 0 Å². The summed E-state index contributed by atoms with van der Waals surface area (Å²) >= 11 is 5.57. The Kier molecular flexibility index (Phi) is 2.85. The van der Waals surface area contributed by atoms with Gasteiger partial charge in [0.05, 0.1) is 5.56 Å². The Balaban J connectivity index is 3.43. The second kappa shape index (κ2) is 3.72. The number of primary amides is 1. The van der Waals surface area contributed by atoms with Crippen molar-refractivity contribution >= 4 is 17.5 Å². The van der Waals surface area contributed by atoms with Crippen molar-refractivity contribution in [2.45, 2.75) is 6.61 Å². The maximum Gasteiger partial charge on any atom is 0.252 e. The molecule has 69 valence electrons. The van der Waals surface area contributed by atoms with E-state index in [0.717, 1.165) is 6.07 Å². The molecule has 5 heteroatoms. The molecule has 1 radical (unpaired) electrons. The zero-order chi connectivity index (χ0) is 10.0. The van der Waals surface area contributed by atoms with E-state index in [1.165, 1.54) is 6.07 Å². The minimum atomic E-state index is -0.981. The van der Waals surface area contributed by atoms with E-state index in [1.807, 2.05) is 0 Å². The van der Waals surface area contributed by atoms with Gasteiger partial charge in [-0.2, -0.15) is 0 Å². The van der Waals surface area contributed by atoms with E-state index < -0.39 is 23.9 Å². The average Bonchev–Trinajstić information content (AvgIpc) is 2.07. The largest absolute Gasteiger partial charge is 0.365 e. The molecule has 13 heavy (non-hydrogen) atoms. The van der Waals surface area contributed by atoms with E-state index in [9.17, 15) is 14.3 Å². The molecule has 2 N–H and O–H groups in total. The molecule has 0 fully saturated rings. The molecule has 0 spiro atoms. The standard InChI is InChI=1S/C8H6ClFNO2/c9-5-1-2-6(10)7(8(11)13)4(5)3-12/h1-2H,3H2,(H2,11,13). The second-order valence-corrected chi connectivity index (χ2v) is 2.80. The predicted molar refractivity (Wildman–Crippen MR) is 44.3 cm³/mol. The van der Waals surface area contributed by atoms with Crippen LogP contribution in [0.5, 0.6) is 0 Å².